The van der Waals surface area contributed by atoms with Crippen LogP contribution in [-0.2, 0) is 4.79 Å². The molecular weight excluding hydrogens is 256 g/mol. The average Bonchev–Trinajstić information content (AvgIpc) is 2.81. The van der Waals surface area contributed by atoms with E-state index in [1.807, 2.05) is 18.3 Å². The molecular formula is C14H16N4O2. The highest BCUT2D eigenvalue weighted by Crippen LogP contribution is 2.24. The molecule has 3 amide bonds. The first kappa shape index (κ1) is 12.7. The van der Waals surface area contributed by atoms with Gasteiger partial charge in [0.2, 0.25) is 5.91 Å². The first-order chi connectivity index (χ1) is 9.56. The fourth-order valence-electron chi connectivity index (χ4n) is 2.41. The number of pyridine rings is 1. The fourth-order valence-corrected chi connectivity index (χ4v) is 2.41. The van der Waals surface area contributed by atoms with Crippen LogP contribution in [0.2, 0.25) is 0 Å². The molecule has 1 aliphatic rings. The zero-order valence-corrected chi connectivity index (χ0v) is 11.5. The van der Waals surface area contributed by atoms with Crippen LogP contribution in [0.4, 0.5) is 10.5 Å². The van der Waals surface area contributed by atoms with E-state index in [2.05, 4.69) is 28.7 Å². The monoisotopic (exact) mass is 272 g/mol. The van der Waals surface area contributed by atoms with Crippen molar-refractivity contribution in [1.82, 2.24) is 14.9 Å². The van der Waals surface area contributed by atoms with E-state index in [1.165, 1.54) is 0 Å². The number of amides is 3. The van der Waals surface area contributed by atoms with Crippen LogP contribution in [0, 0.1) is 0 Å². The minimum atomic E-state index is -0.384. The third-order valence-corrected chi connectivity index (χ3v) is 3.46. The zero-order chi connectivity index (χ0) is 14.3. The molecule has 0 unspecified atom stereocenters. The number of imide groups is 1. The van der Waals surface area contributed by atoms with Gasteiger partial charge in [-0.25, -0.2) is 9.78 Å². The minimum absolute atomic E-state index is 0.230. The molecule has 1 saturated heterocycles. The van der Waals surface area contributed by atoms with Crippen molar-refractivity contribution in [2.45, 2.75) is 26.3 Å². The lowest BCUT2D eigenvalue weighted by Crippen LogP contribution is -2.49. The SMILES string of the molecule is CC(C)n1ccc2cc(N3CCC(=O)NC3=O)cnc21. The summed E-state index contributed by atoms with van der Waals surface area (Å²) in [6.07, 6.45) is 3.99. The molecule has 0 spiro atoms. The van der Waals surface area contributed by atoms with E-state index in [0.29, 0.717) is 24.7 Å². The van der Waals surface area contributed by atoms with Crippen molar-refractivity contribution in [3.05, 3.63) is 24.5 Å². The predicted molar refractivity (Wildman–Crippen MR) is 75.6 cm³/mol. The van der Waals surface area contributed by atoms with Gasteiger partial charge in [-0.3, -0.25) is 15.0 Å². The molecule has 0 radical (unpaired) electrons. The Kier molecular flexibility index (Phi) is 2.93. The quantitative estimate of drug-likeness (QED) is 0.910. The van der Waals surface area contributed by atoms with Crippen molar-refractivity contribution in [2.75, 3.05) is 11.4 Å². The second kappa shape index (κ2) is 4.63. The summed E-state index contributed by atoms with van der Waals surface area (Å²) in [6.45, 7) is 4.58. The van der Waals surface area contributed by atoms with Gasteiger partial charge in [0.1, 0.15) is 5.65 Å². The predicted octanol–water partition coefficient (Wildman–Crippen LogP) is 2.06. The Morgan fingerprint density at radius 1 is 1.35 bits per heavy atom. The molecule has 3 rings (SSSR count). The number of anilines is 1. The largest absolute Gasteiger partial charge is 0.330 e. The van der Waals surface area contributed by atoms with Crippen molar-refractivity contribution in [3.63, 3.8) is 0 Å². The molecule has 2 aromatic heterocycles. The molecule has 1 N–H and O–H groups in total. The minimum Gasteiger partial charge on any atom is -0.330 e. The summed E-state index contributed by atoms with van der Waals surface area (Å²) in [5.41, 5.74) is 1.61. The number of hydrogen-bond donors (Lipinski definition) is 1. The summed E-state index contributed by atoms with van der Waals surface area (Å²) in [7, 11) is 0. The van der Waals surface area contributed by atoms with Crippen LogP contribution in [0.15, 0.2) is 24.5 Å². The number of hydrogen-bond acceptors (Lipinski definition) is 3. The van der Waals surface area contributed by atoms with E-state index >= 15 is 0 Å². The maximum Gasteiger partial charge on any atom is 0.328 e. The number of aromatic nitrogens is 2. The van der Waals surface area contributed by atoms with Gasteiger partial charge in [-0.15, -0.1) is 0 Å². The topological polar surface area (TPSA) is 67.2 Å². The van der Waals surface area contributed by atoms with Crippen molar-refractivity contribution in [3.8, 4) is 0 Å². The third-order valence-electron chi connectivity index (χ3n) is 3.46. The van der Waals surface area contributed by atoms with Crippen molar-refractivity contribution in [2.24, 2.45) is 0 Å². The van der Waals surface area contributed by atoms with Gasteiger partial charge in [0.25, 0.3) is 0 Å². The Balaban J connectivity index is 1.97. The summed E-state index contributed by atoms with van der Waals surface area (Å²) in [6, 6.07) is 3.86. The van der Waals surface area contributed by atoms with Crippen LogP contribution in [0.3, 0.4) is 0 Å². The van der Waals surface area contributed by atoms with E-state index < -0.39 is 0 Å². The first-order valence-electron chi connectivity index (χ1n) is 6.64. The number of carbonyl (C=O) groups excluding carboxylic acids is 2. The van der Waals surface area contributed by atoms with Crippen LogP contribution in [0.1, 0.15) is 26.3 Å². The van der Waals surface area contributed by atoms with E-state index in [0.717, 1.165) is 11.0 Å². The maximum absolute atomic E-state index is 11.8. The highest BCUT2D eigenvalue weighted by Gasteiger charge is 2.24. The Morgan fingerprint density at radius 3 is 2.85 bits per heavy atom. The number of urea groups is 1. The van der Waals surface area contributed by atoms with Crippen LogP contribution < -0.4 is 10.2 Å². The number of fused-ring (bicyclic) bond motifs is 1. The molecule has 3 heterocycles. The summed E-state index contributed by atoms with van der Waals surface area (Å²) < 4.78 is 2.08. The van der Waals surface area contributed by atoms with Crippen LogP contribution in [0.25, 0.3) is 11.0 Å². The van der Waals surface area contributed by atoms with Crippen LogP contribution in [0.5, 0.6) is 0 Å². The molecule has 0 bridgehead atoms. The lowest BCUT2D eigenvalue weighted by Gasteiger charge is -2.26. The van der Waals surface area contributed by atoms with Gasteiger partial charge < -0.3 is 4.57 Å². The Bertz CT molecular complexity index is 690. The second-order valence-electron chi connectivity index (χ2n) is 5.18. The number of nitrogens with one attached hydrogen (secondary N) is 1. The lowest BCUT2D eigenvalue weighted by molar-refractivity contribution is -0.120. The highest BCUT2D eigenvalue weighted by atomic mass is 16.2. The molecule has 1 aliphatic heterocycles. The van der Waals surface area contributed by atoms with E-state index in [9.17, 15) is 9.59 Å². The molecule has 1 fully saturated rings. The number of carbonyl (C=O) groups is 2. The lowest BCUT2D eigenvalue weighted by atomic mass is 10.2. The molecule has 0 atom stereocenters. The summed E-state index contributed by atoms with van der Waals surface area (Å²) in [5, 5.41) is 3.30. The van der Waals surface area contributed by atoms with E-state index in [-0.39, 0.29) is 11.9 Å². The Hall–Kier alpha value is -2.37. The van der Waals surface area contributed by atoms with Gasteiger partial charge in [0, 0.05) is 30.6 Å². The van der Waals surface area contributed by atoms with Crippen molar-refractivity contribution >= 4 is 28.7 Å². The van der Waals surface area contributed by atoms with Gasteiger partial charge in [0.15, 0.2) is 0 Å². The summed E-state index contributed by atoms with van der Waals surface area (Å²) in [5.74, 6) is -0.230. The molecule has 0 saturated carbocycles. The molecule has 0 aliphatic carbocycles. The standard InChI is InChI=1S/C14H16N4O2/c1-9(2)17-5-3-10-7-11(8-15-13(10)17)18-6-4-12(19)16-14(18)20/h3,5,7-9H,4,6H2,1-2H3,(H,16,19,20). The highest BCUT2D eigenvalue weighted by molar-refractivity contribution is 6.06. The number of rotatable bonds is 2. The Morgan fingerprint density at radius 2 is 2.15 bits per heavy atom. The molecule has 6 nitrogen and oxygen atoms in total. The molecule has 104 valence electrons. The molecule has 6 heteroatoms. The normalized spacial score (nSPS) is 16.1. The van der Waals surface area contributed by atoms with Gasteiger partial charge >= 0.3 is 6.03 Å². The molecule has 2 aromatic rings. The maximum atomic E-state index is 11.8. The van der Waals surface area contributed by atoms with Crippen molar-refractivity contribution in [1.29, 1.82) is 0 Å². The summed E-state index contributed by atoms with van der Waals surface area (Å²) in [4.78, 5) is 29.0. The van der Waals surface area contributed by atoms with E-state index in [1.54, 1.807) is 11.1 Å². The van der Waals surface area contributed by atoms with Gasteiger partial charge in [-0.1, -0.05) is 0 Å². The molecule has 0 aromatic carbocycles. The third kappa shape index (κ3) is 2.03. The van der Waals surface area contributed by atoms with E-state index in [4.69, 9.17) is 0 Å². The van der Waals surface area contributed by atoms with Crippen molar-refractivity contribution < 1.29 is 9.59 Å². The smallest absolute Gasteiger partial charge is 0.328 e. The Labute approximate surface area is 116 Å². The van der Waals surface area contributed by atoms with Crippen LogP contribution in [-0.4, -0.2) is 28.0 Å². The van der Waals surface area contributed by atoms with Gasteiger partial charge in [0.05, 0.1) is 11.9 Å². The average molecular weight is 272 g/mol. The summed E-state index contributed by atoms with van der Waals surface area (Å²) >= 11 is 0. The van der Waals surface area contributed by atoms with Gasteiger partial charge in [-0.2, -0.15) is 0 Å². The first-order valence-corrected chi connectivity index (χ1v) is 6.64. The fraction of sp³-hybridized carbons (Fsp3) is 0.357. The van der Waals surface area contributed by atoms with Gasteiger partial charge in [-0.05, 0) is 26.0 Å². The second-order valence-corrected chi connectivity index (χ2v) is 5.18. The molecule has 20 heavy (non-hydrogen) atoms. The zero-order valence-electron chi connectivity index (χ0n) is 11.5. The number of nitrogens with zero attached hydrogens (tertiary/aromatic N) is 3. The van der Waals surface area contributed by atoms with Crippen LogP contribution >= 0.6 is 0 Å².